The predicted molar refractivity (Wildman–Crippen MR) is 127 cm³/mol. The number of nitrogens with zero attached hydrogens (tertiary/aromatic N) is 2. The van der Waals surface area contributed by atoms with Gasteiger partial charge in [-0.1, -0.05) is 36.4 Å². The summed E-state index contributed by atoms with van der Waals surface area (Å²) in [4.78, 5) is 43.7. The van der Waals surface area contributed by atoms with Crippen LogP contribution in [0.25, 0.3) is 0 Å². The SMILES string of the molecule is CC(=O)CN1CC[C@H](c2ccccc2)C[C@@H]1C(=O)N[C@@H](C)C(=O)NCc1ccc(N)nc1C. The van der Waals surface area contributed by atoms with Crippen LogP contribution in [0.2, 0.25) is 0 Å². The average Bonchev–Trinajstić information content (AvgIpc) is 2.78. The number of amides is 2. The van der Waals surface area contributed by atoms with E-state index in [0.29, 0.717) is 25.3 Å². The van der Waals surface area contributed by atoms with E-state index in [9.17, 15) is 14.4 Å². The molecule has 0 aliphatic carbocycles. The van der Waals surface area contributed by atoms with Crippen molar-refractivity contribution in [3.63, 3.8) is 0 Å². The van der Waals surface area contributed by atoms with E-state index in [2.05, 4.69) is 27.8 Å². The highest BCUT2D eigenvalue weighted by molar-refractivity contribution is 5.90. The first-order chi connectivity index (χ1) is 15.7. The Morgan fingerprint density at radius 2 is 1.91 bits per heavy atom. The van der Waals surface area contributed by atoms with E-state index in [0.717, 1.165) is 17.7 Å². The number of carbonyl (C=O) groups is 3. The maximum Gasteiger partial charge on any atom is 0.242 e. The van der Waals surface area contributed by atoms with Crippen LogP contribution in [0, 0.1) is 6.92 Å². The third-order valence-corrected chi connectivity index (χ3v) is 6.13. The minimum absolute atomic E-state index is 0.0178. The van der Waals surface area contributed by atoms with E-state index in [1.807, 2.05) is 36.1 Å². The van der Waals surface area contributed by atoms with Gasteiger partial charge in [-0.3, -0.25) is 19.3 Å². The number of hydrogen-bond donors (Lipinski definition) is 3. The Balaban J connectivity index is 1.62. The van der Waals surface area contributed by atoms with Crippen molar-refractivity contribution in [3.8, 4) is 0 Å². The number of hydrogen-bond acceptors (Lipinski definition) is 6. The van der Waals surface area contributed by atoms with Crippen molar-refractivity contribution in [2.45, 2.75) is 58.2 Å². The molecule has 0 saturated carbocycles. The number of benzene rings is 1. The standard InChI is InChI=1S/C25H33N5O3/c1-16(31)15-30-12-11-20(19-7-5-4-6-8-19)13-22(30)25(33)29-18(3)24(32)27-14-21-9-10-23(26)28-17(21)2/h4-10,18,20,22H,11-15H2,1-3H3,(H2,26,28)(H,27,32)(H,29,33)/t18-,20-,22+/m0/s1. The Morgan fingerprint density at radius 1 is 1.18 bits per heavy atom. The van der Waals surface area contributed by atoms with Gasteiger partial charge < -0.3 is 16.4 Å². The fourth-order valence-electron chi connectivity index (χ4n) is 4.30. The molecular weight excluding hydrogens is 418 g/mol. The maximum absolute atomic E-state index is 13.2. The summed E-state index contributed by atoms with van der Waals surface area (Å²) >= 11 is 0. The Labute approximate surface area is 194 Å². The molecule has 0 radical (unpaired) electrons. The van der Waals surface area contributed by atoms with Crippen molar-refractivity contribution >= 4 is 23.4 Å². The van der Waals surface area contributed by atoms with Crippen LogP contribution in [0.5, 0.6) is 0 Å². The monoisotopic (exact) mass is 451 g/mol. The van der Waals surface area contributed by atoms with Crippen LogP contribution in [0.3, 0.4) is 0 Å². The van der Waals surface area contributed by atoms with Gasteiger partial charge in [-0.15, -0.1) is 0 Å². The Kier molecular flexibility index (Phi) is 8.16. The highest BCUT2D eigenvalue weighted by atomic mass is 16.2. The summed E-state index contributed by atoms with van der Waals surface area (Å²) in [6.07, 6.45) is 1.49. The van der Waals surface area contributed by atoms with E-state index in [1.54, 1.807) is 13.0 Å². The van der Waals surface area contributed by atoms with Gasteiger partial charge in [0.15, 0.2) is 0 Å². The van der Waals surface area contributed by atoms with Gasteiger partial charge in [-0.05, 0) is 63.3 Å². The molecule has 4 N–H and O–H groups in total. The molecule has 1 aliphatic heterocycles. The molecular formula is C25H33N5O3. The van der Waals surface area contributed by atoms with E-state index in [-0.39, 0.29) is 30.1 Å². The number of pyridine rings is 1. The minimum Gasteiger partial charge on any atom is -0.384 e. The van der Waals surface area contributed by atoms with Crippen molar-refractivity contribution < 1.29 is 14.4 Å². The molecule has 1 aromatic carbocycles. The summed E-state index contributed by atoms with van der Waals surface area (Å²) in [5.74, 6) is 0.164. The average molecular weight is 452 g/mol. The van der Waals surface area contributed by atoms with Gasteiger partial charge in [0.25, 0.3) is 0 Å². The zero-order chi connectivity index (χ0) is 24.0. The summed E-state index contributed by atoms with van der Waals surface area (Å²) in [6.45, 7) is 6.20. The Bertz CT molecular complexity index is 995. The van der Waals surface area contributed by atoms with Crippen molar-refractivity contribution in [2.24, 2.45) is 0 Å². The molecule has 2 amide bonds. The molecule has 1 aliphatic rings. The smallest absolute Gasteiger partial charge is 0.242 e. The normalized spacial score (nSPS) is 19.5. The summed E-state index contributed by atoms with van der Waals surface area (Å²) in [5, 5.41) is 5.69. The molecule has 8 nitrogen and oxygen atoms in total. The van der Waals surface area contributed by atoms with Gasteiger partial charge in [0, 0.05) is 12.2 Å². The molecule has 3 atom stereocenters. The number of nitrogens with one attached hydrogen (secondary N) is 2. The number of aryl methyl sites for hydroxylation is 1. The van der Waals surface area contributed by atoms with Crippen LogP contribution in [-0.4, -0.2) is 52.7 Å². The van der Waals surface area contributed by atoms with Gasteiger partial charge in [-0.2, -0.15) is 0 Å². The second kappa shape index (κ2) is 11.0. The molecule has 176 valence electrons. The third kappa shape index (κ3) is 6.61. The number of piperidine rings is 1. The number of anilines is 1. The lowest BCUT2D eigenvalue weighted by Gasteiger charge is -2.38. The molecule has 2 heterocycles. The molecule has 8 heteroatoms. The van der Waals surface area contributed by atoms with Crippen LogP contribution in [0.1, 0.15) is 49.4 Å². The topological polar surface area (TPSA) is 117 Å². The van der Waals surface area contributed by atoms with E-state index >= 15 is 0 Å². The zero-order valence-electron chi connectivity index (χ0n) is 19.5. The molecule has 0 spiro atoms. The van der Waals surface area contributed by atoms with Gasteiger partial charge in [0.05, 0.1) is 12.6 Å². The zero-order valence-corrected chi connectivity index (χ0v) is 19.5. The van der Waals surface area contributed by atoms with Crippen molar-refractivity contribution in [1.82, 2.24) is 20.5 Å². The molecule has 33 heavy (non-hydrogen) atoms. The summed E-state index contributed by atoms with van der Waals surface area (Å²) in [5.41, 5.74) is 8.48. The van der Waals surface area contributed by atoms with Crippen molar-refractivity contribution in [2.75, 3.05) is 18.8 Å². The van der Waals surface area contributed by atoms with Crippen molar-refractivity contribution in [1.29, 1.82) is 0 Å². The third-order valence-electron chi connectivity index (χ3n) is 6.13. The highest BCUT2D eigenvalue weighted by Gasteiger charge is 2.35. The number of Topliss-reactive ketones (excluding diaryl/α,β-unsaturated/α-hetero) is 1. The van der Waals surface area contributed by atoms with E-state index < -0.39 is 12.1 Å². The lowest BCUT2D eigenvalue weighted by molar-refractivity contribution is -0.133. The molecule has 1 aromatic heterocycles. The van der Waals surface area contributed by atoms with Gasteiger partial charge in [0.1, 0.15) is 17.6 Å². The Morgan fingerprint density at radius 3 is 2.58 bits per heavy atom. The first-order valence-electron chi connectivity index (χ1n) is 11.3. The summed E-state index contributed by atoms with van der Waals surface area (Å²) in [7, 11) is 0. The molecule has 1 fully saturated rings. The number of aromatic nitrogens is 1. The quantitative estimate of drug-likeness (QED) is 0.565. The Hall–Kier alpha value is -3.26. The lowest BCUT2D eigenvalue weighted by Crippen LogP contribution is -2.55. The predicted octanol–water partition coefficient (Wildman–Crippen LogP) is 1.93. The first-order valence-corrected chi connectivity index (χ1v) is 11.3. The fraction of sp³-hybridized carbons (Fsp3) is 0.440. The van der Waals surface area contributed by atoms with E-state index in [4.69, 9.17) is 5.73 Å². The second-order valence-corrected chi connectivity index (χ2v) is 8.75. The fourth-order valence-corrected chi connectivity index (χ4v) is 4.30. The van der Waals surface area contributed by atoms with Gasteiger partial charge in [0.2, 0.25) is 11.8 Å². The summed E-state index contributed by atoms with van der Waals surface area (Å²) < 4.78 is 0. The second-order valence-electron chi connectivity index (χ2n) is 8.75. The van der Waals surface area contributed by atoms with Crippen molar-refractivity contribution in [3.05, 3.63) is 59.3 Å². The number of nitrogen functional groups attached to an aromatic ring is 1. The first kappa shape index (κ1) is 24.4. The number of ketones is 1. The number of carbonyl (C=O) groups excluding carboxylic acids is 3. The number of rotatable bonds is 8. The van der Waals surface area contributed by atoms with Gasteiger partial charge >= 0.3 is 0 Å². The van der Waals surface area contributed by atoms with Crippen LogP contribution in [0.4, 0.5) is 5.82 Å². The molecule has 3 rings (SSSR count). The minimum atomic E-state index is -0.712. The molecule has 0 unspecified atom stereocenters. The summed E-state index contributed by atoms with van der Waals surface area (Å²) in [6, 6.07) is 12.5. The molecule has 0 bridgehead atoms. The largest absolute Gasteiger partial charge is 0.384 e. The molecule has 2 aromatic rings. The molecule has 1 saturated heterocycles. The van der Waals surface area contributed by atoms with Crippen LogP contribution < -0.4 is 16.4 Å². The lowest BCUT2D eigenvalue weighted by atomic mass is 9.84. The van der Waals surface area contributed by atoms with Crippen LogP contribution in [-0.2, 0) is 20.9 Å². The van der Waals surface area contributed by atoms with Crippen LogP contribution in [0.15, 0.2) is 42.5 Å². The number of nitrogens with two attached hydrogens (primary N) is 1. The number of likely N-dealkylation sites (tertiary alicyclic amines) is 1. The van der Waals surface area contributed by atoms with Gasteiger partial charge in [-0.25, -0.2) is 4.98 Å². The highest BCUT2D eigenvalue weighted by Crippen LogP contribution is 2.31. The van der Waals surface area contributed by atoms with E-state index in [1.165, 1.54) is 12.5 Å². The maximum atomic E-state index is 13.2. The van der Waals surface area contributed by atoms with Crippen LogP contribution >= 0.6 is 0 Å².